The number of hydrogen-bond acceptors (Lipinski definition) is 4. The van der Waals surface area contributed by atoms with E-state index < -0.39 is 0 Å². The van der Waals surface area contributed by atoms with Crippen molar-refractivity contribution in [2.45, 2.75) is 51.0 Å². The molecule has 2 atom stereocenters. The maximum absolute atomic E-state index is 12.8. The zero-order chi connectivity index (χ0) is 20.6. The first-order valence-corrected chi connectivity index (χ1v) is 11.1. The Balaban J connectivity index is 1.52. The third-order valence-corrected chi connectivity index (χ3v) is 6.25. The first-order valence-electron chi connectivity index (χ1n) is 11.1. The number of carbonyl (C=O) groups is 2. The minimum atomic E-state index is -0.0316. The van der Waals surface area contributed by atoms with E-state index in [1.165, 1.54) is 19.3 Å². The highest BCUT2D eigenvalue weighted by molar-refractivity contribution is 5.85. The van der Waals surface area contributed by atoms with E-state index in [9.17, 15) is 9.59 Å². The maximum atomic E-state index is 12.8. The van der Waals surface area contributed by atoms with Crippen LogP contribution >= 0.6 is 0 Å². The van der Waals surface area contributed by atoms with Crippen LogP contribution < -0.4 is 10.6 Å². The summed E-state index contributed by atoms with van der Waals surface area (Å²) in [5, 5.41) is 6.83. The average molecular weight is 408 g/mol. The highest BCUT2D eigenvalue weighted by Crippen LogP contribution is 2.26. The summed E-state index contributed by atoms with van der Waals surface area (Å²) in [7, 11) is 3.47. The fourth-order valence-electron chi connectivity index (χ4n) is 4.31. The van der Waals surface area contributed by atoms with Gasteiger partial charge in [0.2, 0.25) is 11.8 Å². The summed E-state index contributed by atoms with van der Waals surface area (Å²) in [6.07, 6.45) is 7.65. The molecule has 2 saturated heterocycles. The lowest BCUT2D eigenvalue weighted by Gasteiger charge is -2.26. The number of likely N-dealkylation sites (tertiary alicyclic amines) is 1. The van der Waals surface area contributed by atoms with Crippen LogP contribution in [0.1, 0.15) is 44.9 Å². The van der Waals surface area contributed by atoms with Crippen LogP contribution in [0.2, 0.25) is 0 Å². The fraction of sp³-hybridized carbons (Fsp3) is 0.857. The van der Waals surface area contributed by atoms with Crippen molar-refractivity contribution in [3.8, 4) is 0 Å². The van der Waals surface area contributed by atoms with Crippen molar-refractivity contribution >= 4 is 17.8 Å². The first kappa shape index (κ1) is 21.9. The third kappa shape index (κ3) is 6.59. The Morgan fingerprint density at radius 1 is 1.14 bits per heavy atom. The van der Waals surface area contributed by atoms with Gasteiger partial charge in [-0.2, -0.15) is 0 Å². The molecule has 8 heteroatoms. The predicted octanol–water partition coefficient (Wildman–Crippen LogP) is 0.828. The molecule has 2 N–H and O–H groups in total. The van der Waals surface area contributed by atoms with Gasteiger partial charge in [0.1, 0.15) is 6.54 Å². The van der Waals surface area contributed by atoms with Crippen molar-refractivity contribution in [3.05, 3.63) is 0 Å². The quantitative estimate of drug-likeness (QED) is 0.503. The number of nitrogens with zero attached hydrogens (tertiary/aromatic N) is 3. The van der Waals surface area contributed by atoms with Crippen molar-refractivity contribution in [3.63, 3.8) is 0 Å². The smallest absolute Gasteiger partial charge is 0.243 e. The molecule has 3 fully saturated rings. The molecule has 0 spiro atoms. The van der Waals surface area contributed by atoms with Crippen LogP contribution in [0.25, 0.3) is 0 Å². The minimum Gasteiger partial charge on any atom is -0.381 e. The molecule has 3 aliphatic rings. The second-order valence-electron chi connectivity index (χ2n) is 8.81. The molecular formula is C21H37N5O3. The van der Waals surface area contributed by atoms with Gasteiger partial charge in [0.15, 0.2) is 5.96 Å². The number of amides is 2. The number of hydrogen-bond donors (Lipinski definition) is 2. The summed E-state index contributed by atoms with van der Waals surface area (Å²) < 4.78 is 5.45. The number of rotatable bonds is 6. The molecular weight excluding hydrogens is 370 g/mol. The van der Waals surface area contributed by atoms with Gasteiger partial charge in [0.25, 0.3) is 0 Å². The summed E-state index contributed by atoms with van der Waals surface area (Å²) in [5.41, 5.74) is 0. The summed E-state index contributed by atoms with van der Waals surface area (Å²) in [6.45, 7) is 3.98. The lowest BCUT2D eigenvalue weighted by atomic mass is 9.88. The van der Waals surface area contributed by atoms with Crippen molar-refractivity contribution in [2.24, 2.45) is 16.8 Å². The van der Waals surface area contributed by atoms with E-state index in [0.717, 1.165) is 52.0 Å². The van der Waals surface area contributed by atoms with E-state index in [1.807, 2.05) is 4.90 Å². The summed E-state index contributed by atoms with van der Waals surface area (Å²) in [4.78, 5) is 32.8. The Labute approximate surface area is 174 Å². The SMILES string of the molecule is CN(C)C(=O)CN=C(NCC1CCOC1)NC1CCN(C(=O)C2CCCCC2)C1. The Morgan fingerprint density at radius 3 is 2.62 bits per heavy atom. The molecule has 3 rings (SSSR count). The Bertz CT molecular complexity index is 583. The molecule has 0 bridgehead atoms. The second-order valence-corrected chi connectivity index (χ2v) is 8.81. The normalized spacial score (nSPS) is 25.9. The van der Waals surface area contributed by atoms with Gasteiger partial charge in [-0.1, -0.05) is 19.3 Å². The lowest BCUT2D eigenvalue weighted by molar-refractivity contribution is -0.135. The van der Waals surface area contributed by atoms with Gasteiger partial charge in [-0.3, -0.25) is 9.59 Å². The van der Waals surface area contributed by atoms with E-state index in [-0.39, 0.29) is 24.4 Å². The van der Waals surface area contributed by atoms with Crippen LogP contribution in [0, 0.1) is 11.8 Å². The van der Waals surface area contributed by atoms with Crippen LogP contribution in [-0.2, 0) is 14.3 Å². The van der Waals surface area contributed by atoms with Gasteiger partial charge in [0, 0.05) is 58.2 Å². The molecule has 0 aromatic rings. The maximum Gasteiger partial charge on any atom is 0.243 e. The van der Waals surface area contributed by atoms with Crippen molar-refractivity contribution in [2.75, 3.05) is 53.5 Å². The molecule has 1 saturated carbocycles. The van der Waals surface area contributed by atoms with E-state index >= 15 is 0 Å². The number of carbonyl (C=O) groups excluding carboxylic acids is 2. The van der Waals surface area contributed by atoms with E-state index in [1.54, 1.807) is 19.0 Å². The topological polar surface area (TPSA) is 86.3 Å². The highest BCUT2D eigenvalue weighted by atomic mass is 16.5. The molecule has 2 aliphatic heterocycles. The monoisotopic (exact) mass is 407 g/mol. The minimum absolute atomic E-state index is 0.0316. The number of aliphatic imine (C=N–C) groups is 1. The zero-order valence-electron chi connectivity index (χ0n) is 18.0. The van der Waals surface area contributed by atoms with Crippen molar-refractivity contribution in [1.29, 1.82) is 0 Å². The molecule has 8 nitrogen and oxygen atoms in total. The van der Waals surface area contributed by atoms with Gasteiger partial charge >= 0.3 is 0 Å². The standard InChI is InChI=1S/C21H37N5O3/c1-25(2)19(27)13-23-21(22-12-16-9-11-29-15-16)24-18-8-10-26(14-18)20(28)17-6-4-3-5-7-17/h16-18H,3-15H2,1-2H3,(H2,22,23,24). The number of ether oxygens (including phenoxy) is 1. The Morgan fingerprint density at radius 2 is 1.93 bits per heavy atom. The van der Waals surface area contributed by atoms with Crippen LogP contribution in [0.4, 0.5) is 0 Å². The fourth-order valence-corrected chi connectivity index (χ4v) is 4.31. The summed E-state index contributed by atoms with van der Waals surface area (Å²) >= 11 is 0. The van der Waals surface area contributed by atoms with Gasteiger partial charge in [-0.25, -0.2) is 4.99 Å². The van der Waals surface area contributed by atoms with Gasteiger partial charge in [-0.15, -0.1) is 0 Å². The first-order chi connectivity index (χ1) is 14.0. The van der Waals surface area contributed by atoms with Gasteiger partial charge in [-0.05, 0) is 25.7 Å². The van der Waals surface area contributed by atoms with Crippen molar-refractivity contribution < 1.29 is 14.3 Å². The molecule has 164 valence electrons. The van der Waals surface area contributed by atoms with E-state index in [2.05, 4.69) is 15.6 Å². The highest BCUT2D eigenvalue weighted by Gasteiger charge is 2.32. The lowest BCUT2D eigenvalue weighted by Crippen LogP contribution is -2.47. The number of guanidine groups is 1. The molecule has 1 aliphatic carbocycles. The molecule has 2 amide bonds. The average Bonchev–Trinajstić information content (AvgIpc) is 3.42. The van der Waals surface area contributed by atoms with E-state index in [0.29, 0.717) is 24.3 Å². The predicted molar refractivity (Wildman–Crippen MR) is 113 cm³/mol. The summed E-state index contributed by atoms with van der Waals surface area (Å²) in [6, 6.07) is 0.170. The molecule has 2 heterocycles. The molecule has 2 unspecified atom stereocenters. The third-order valence-electron chi connectivity index (χ3n) is 6.25. The van der Waals surface area contributed by atoms with Gasteiger partial charge < -0.3 is 25.2 Å². The largest absolute Gasteiger partial charge is 0.381 e. The number of nitrogens with one attached hydrogen (secondary N) is 2. The van der Waals surface area contributed by atoms with Crippen LogP contribution in [0.3, 0.4) is 0 Å². The van der Waals surface area contributed by atoms with Crippen LogP contribution in [0.5, 0.6) is 0 Å². The Hall–Kier alpha value is -1.83. The summed E-state index contributed by atoms with van der Waals surface area (Å²) in [5.74, 6) is 1.64. The molecule has 29 heavy (non-hydrogen) atoms. The van der Waals surface area contributed by atoms with Crippen LogP contribution in [-0.4, -0.2) is 87.1 Å². The second kappa shape index (κ2) is 10.8. The Kier molecular flexibility index (Phi) is 8.15. The van der Waals surface area contributed by atoms with E-state index in [4.69, 9.17) is 4.74 Å². The zero-order valence-corrected chi connectivity index (χ0v) is 18.0. The number of likely N-dealkylation sites (N-methyl/N-ethyl adjacent to an activating group) is 1. The van der Waals surface area contributed by atoms with Crippen LogP contribution in [0.15, 0.2) is 4.99 Å². The molecule has 0 radical (unpaired) electrons. The van der Waals surface area contributed by atoms with Crippen molar-refractivity contribution in [1.82, 2.24) is 20.4 Å². The van der Waals surface area contributed by atoms with Gasteiger partial charge in [0.05, 0.1) is 6.61 Å². The molecule has 0 aromatic carbocycles. The molecule has 0 aromatic heterocycles.